The minimum Gasteiger partial charge on any atom is -0.468 e. The summed E-state index contributed by atoms with van der Waals surface area (Å²) in [4.78, 5) is 10.9. The Morgan fingerprint density at radius 2 is 2.09 bits per heavy atom. The number of ether oxygens (including phenoxy) is 1. The SMILES string of the molecule is COC(=O)C(Cl)C(C)(C)SCl. The lowest BCUT2D eigenvalue weighted by molar-refractivity contribution is -0.140. The molecule has 0 saturated heterocycles. The zero-order valence-corrected chi connectivity index (χ0v) is 8.89. The summed E-state index contributed by atoms with van der Waals surface area (Å²) in [6.45, 7) is 3.55. The van der Waals surface area contributed by atoms with Crippen molar-refractivity contribution in [2.45, 2.75) is 24.0 Å². The number of esters is 1. The lowest BCUT2D eigenvalue weighted by Crippen LogP contribution is -2.35. The van der Waals surface area contributed by atoms with Gasteiger partial charge >= 0.3 is 5.97 Å². The smallest absolute Gasteiger partial charge is 0.325 e. The molecule has 0 aromatic rings. The second-order valence-corrected chi connectivity index (χ2v) is 4.67. The molecule has 66 valence electrons. The monoisotopic (exact) mass is 216 g/mol. The number of carbonyl (C=O) groups excluding carboxylic acids is 1. The zero-order valence-electron chi connectivity index (χ0n) is 6.56. The van der Waals surface area contributed by atoms with Crippen LogP contribution in [-0.4, -0.2) is 23.2 Å². The van der Waals surface area contributed by atoms with E-state index in [0.29, 0.717) is 0 Å². The Hall–Kier alpha value is 0.400. The van der Waals surface area contributed by atoms with Gasteiger partial charge in [-0.05, 0) is 35.5 Å². The molecule has 0 aliphatic rings. The number of hydrogen-bond acceptors (Lipinski definition) is 3. The second-order valence-electron chi connectivity index (χ2n) is 2.57. The lowest BCUT2D eigenvalue weighted by atomic mass is 10.1. The molecule has 0 aromatic carbocycles. The highest BCUT2D eigenvalue weighted by Gasteiger charge is 2.34. The summed E-state index contributed by atoms with van der Waals surface area (Å²) < 4.78 is 3.95. The van der Waals surface area contributed by atoms with Crippen LogP contribution in [0.25, 0.3) is 0 Å². The van der Waals surface area contributed by atoms with Crippen LogP contribution < -0.4 is 0 Å². The number of hydrogen-bond donors (Lipinski definition) is 0. The van der Waals surface area contributed by atoms with E-state index in [0.717, 1.165) is 11.0 Å². The van der Waals surface area contributed by atoms with Crippen LogP contribution in [0.3, 0.4) is 0 Å². The standard InChI is InChI=1S/C6H10Cl2O2S/c1-6(2,11-8)4(7)5(9)10-3/h4H,1-3H3. The molecule has 0 fully saturated rings. The highest BCUT2D eigenvalue weighted by Crippen LogP contribution is 2.34. The van der Waals surface area contributed by atoms with Crippen LogP contribution in [0.1, 0.15) is 13.8 Å². The molecule has 0 amide bonds. The van der Waals surface area contributed by atoms with Gasteiger partial charge < -0.3 is 4.74 Å². The first kappa shape index (κ1) is 11.4. The van der Waals surface area contributed by atoms with Crippen molar-refractivity contribution in [3.8, 4) is 0 Å². The van der Waals surface area contributed by atoms with Crippen molar-refractivity contribution < 1.29 is 9.53 Å². The molecule has 0 aliphatic heterocycles. The van der Waals surface area contributed by atoms with Gasteiger partial charge in [-0.2, -0.15) is 0 Å². The number of halogens is 2. The number of carbonyl (C=O) groups is 1. The van der Waals surface area contributed by atoms with E-state index in [9.17, 15) is 4.79 Å². The number of alkyl halides is 1. The fourth-order valence-electron chi connectivity index (χ4n) is 0.426. The van der Waals surface area contributed by atoms with Crippen molar-refractivity contribution >= 4 is 39.2 Å². The van der Waals surface area contributed by atoms with Crippen molar-refractivity contribution in [1.29, 1.82) is 0 Å². The van der Waals surface area contributed by atoms with Crippen LogP contribution in [-0.2, 0) is 9.53 Å². The summed E-state index contributed by atoms with van der Waals surface area (Å²) in [6, 6.07) is 0. The average Bonchev–Trinajstić information content (AvgIpc) is 2.01. The van der Waals surface area contributed by atoms with E-state index in [4.69, 9.17) is 22.3 Å². The maximum Gasteiger partial charge on any atom is 0.325 e. The van der Waals surface area contributed by atoms with Gasteiger partial charge in [0.05, 0.1) is 11.9 Å². The third-order valence-corrected chi connectivity index (χ3v) is 3.90. The molecule has 0 saturated carbocycles. The molecule has 0 aromatic heterocycles. The normalized spacial score (nSPS) is 14.3. The van der Waals surface area contributed by atoms with Crippen molar-refractivity contribution in [2.75, 3.05) is 7.11 Å². The number of rotatable bonds is 3. The first-order chi connectivity index (χ1) is 4.95. The fourth-order valence-corrected chi connectivity index (χ4v) is 1.23. The van der Waals surface area contributed by atoms with E-state index in [-0.39, 0.29) is 0 Å². The minimum absolute atomic E-state index is 0.454. The van der Waals surface area contributed by atoms with Gasteiger partial charge in [0, 0.05) is 0 Å². The fraction of sp³-hybridized carbons (Fsp3) is 0.833. The van der Waals surface area contributed by atoms with E-state index >= 15 is 0 Å². The van der Waals surface area contributed by atoms with Gasteiger partial charge in [-0.3, -0.25) is 4.79 Å². The van der Waals surface area contributed by atoms with Crippen molar-refractivity contribution in [1.82, 2.24) is 0 Å². The quantitative estimate of drug-likeness (QED) is 0.536. The van der Waals surface area contributed by atoms with Crippen molar-refractivity contribution in [3.63, 3.8) is 0 Å². The van der Waals surface area contributed by atoms with Gasteiger partial charge in [-0.25, -0.2) is 0 Å². The van der Waals surface area contributed by atoms with E-state index in [2.05, 4.69) is 4.74 Å². The van der Waals surface area contributed by atoms with Gasteiger partial charge in [-0.1, -0.05) is 0 Å². The lowest BCUT2D eigenvalue weighted by Gasteiger charge is -2.23. The molecule has 2 nitrogen and oxygen atoms in total. The third-order valence-electron chi connectivity index (χ3n) is 1.22. The van der Waals surface area contributed by atoms with Gasteiger partial charge in [0.2, 0.25) is 0 Å². The highest BCUT2D eigenvalue weighted by molar-refractivity contribution is 8.22. The first-order valence-electron chi connectivity index (χ1n) is 2.97. The largest absolute Gasteiger partial charge is 0.468 e. The van der Waals surface area contributed by atoms with E-state index in [1.54, 1.807) is 13.8 Å². The molecular weight excluding hydrogens is 207 g/mol. The minimum atomic E-state index is -0.713. The molecule has 5 heteroatoms. The van der Waals surface area contributed by atoms with Crippen LogP contribution in [0.2, 0.25) is 0 Å². The molecular formula is C6H10Cl2O2S. The predicted octanol–water partition coefficient (Wildman–Crippen LogP) is 2.43. The van der Waals surface area contributed by atoms with Crippen LogP contribution in [0.15, 0.2) is 0 Å². The Bertz CT molecular complexity index is 150. The van der Waals surface area contributed by atoms with Crippen molar-refractivity contribution in [3.05, 3.63) is 0 Å². The Kier molecular flexibility index (Phi) is 4.59. The summed E-state index contributed by atoms with van der Waals surface area (Å²) in [6.07, 6.45) is 0. The molecule has 11 heavy (non-hydrogen) atoms. The topological polar surface area (TPSA) is 26.3 Å². The molecule has 1 atom stereocenters. The third kappa shape index (κ3) is 3.09. The molecule has 0 bridgehead atoms. The van der Waals surface area contributed by atoms with Gasteiger partial charge in [0.25, 0.3) is 0 Å². The summed E-state index contributed by atoms with van der Waals surface area (Å²) in [5, 5.41) is -0.713. The molecule has 0 heterocycles. The summed E-state index contributed by atoms with van der Waals surface area (Å²) >= 11 is 5.74. The van der Waals surface area contributed by atoms with Gasteiger partial charge in [0.15, 0.2) is 0 Å². The Morgan fingerprint density at radius 3 is 2.36 bits per heavy atom. The van der Waals surface area contributed by atoms with E-state index in [1.165, 1.54) is 7.11 Å². The van der Waals surface area contributed by atoms with E-state index < -0.39 is 16.1 Å². The highest BCUT2D eigenvalue weighted by atomic mass is 35.7. The summed E-state index contributed by atoms with van der Waals surface area (Å²) in [7, 11) is 7.83. The van der Waals surface area contributed by atoms with Crippen molar-refractivity contribution in [2.24, 2.45) is 0 Å². The Labute approximate surface area is 80.1 Å². The first-order valence-corrected chi connectivity index (χ1v) is 5.05. The summed E-state index contributed by atoms with van der Waals surface area (Å²) in [5.74, 6) is -0.454. The van der Waals surface area contributed by atoms with Crippen LogP contribution in [0, 0.1) is 0 Å². The van der Waals surface area contributed by atoms with Crippen LogP contribution in [0.4, 0.5) is 0 Å². The predicted molar refractivity (Wildman–Crippen MR) is 49.2 cm³/mol. The van der Waals surface area contributed by atoms with E-state index in [1.807, 2.05) is 0 Å². The molecule has 0 N–H and O–H groups in total. The second kappa shape index (κ2) is 4.43. The maximum absolute atomic E-state index is 10.9. The molecule has 1 unspecified atom stereocenters. The number of methoxy groups -OCH3 is 1. The summed E-state index contributed by atoms with van der Waals surface area (Å²) in [5.41, 5.74) is 0. The molecule has 0 rings (SSSR count). The van der Waals surface area contributed by atoms with Crippen LogP contribution >= 0.6 is 33.3 Å². The average molecular weight is 217 g/mol. The van der Waals surface area contributed by atoms with Gasteiger partial charge in [0.1, 0.15) is 5.38 Å². The maximum atomic E-state index is 10.9. The molecule has 0 spiro atoms. The molecule has 0 radical (unpaired) electrons. The van der Waals surface area contributed by atoms with Crippen LogP contribution in [0.5, 0.6) is 0 Å². The zero-order chi connectivity index (χ0) is 9.07. The molecule has 0 aliphatic carbocycles. The Morgan fingerprint density at radius 1 is 1.64 bits per heavy atom. The Balaban J connectivity index is 4.22. The van der Waals surface area contributed by atoms with Gasteiger partial charge in [-0.15, -0.1) is 11.6 Å².